The average Bonchev–Trinajstić information content (AvgIpc) is 3.88. The number of aliphatic hydroxyl groups excluding tert-OH is 1. The zero-order valence-corrected chi connectivity index (χ0v) is 38.7. The quantitative estimate of drug-likeness (QED) is 0.264. The summed E-state index contributed by atoms with van der Waals surface area (Å²) < 4.78 is 45.5. The minimum atomic E-state index is -1.67. The number of carboxylic acids is 1. The fourth-order valence-corrected chi connectivity index (χ4v) is 10.8. The first-order chi connectivity index (χ1) is 26.8. The number of hydrogen-bond donors (Lipinski definition) is 3. The van der Waals surface area contributed by atoms with Gasteiger partial charge in [0.25, 0.3) is 0 Å². The largest absolute Gasteiger partial charge is 1.00 e. The Kier molecular flexibility index (Phi) is 15.2. The number of carbonyl (C=O) groups is 2. The van der Waals surface area contributed by atoms with Crippen molar-refractivity contribution in [1.82, 2.24) is 0 Å². The van der Waals surface area contributed by atoms with Crippen molar-refractivity contribution in [1.29, 1.82) is 0 Å². The van der Waals surface area contributed by atoms with Gasteiger partial charge in [0.2, 0.25) is 5.79 Å². The molecule has 17 atom stereocenters. The van der Waals surface area contributed by atoms with Gasteiger partial charge in [0.1, 0.15) is 6.61 Å². The molecule has 5 aliphatic heterocycles. The smallest absolute Gasteiger partial charge is 0.550 e. The third-order valence-electron chi connectivity index (χ3n) is 14.5. The van der Waals surface area contributed by atoms with Crippen LogP contribution in [-0.4, -0.2) is 101 Å². The molecule has 322 valence electrons. The fraction of sp³-hybridized carbons (Fsp3) is 0.818. The van der Waals surface area contributed by atoms with Gasteiger partial charge in [-0.1, -0.05) is 66.2 Å². The number of ether oxygens (including phenoxy) is 7. The molecule has 58 heavy (non-hydrogen) atoms. The number of rotatable bonds is 12. The first-order valence-corrected chi connectivity index (χ1v) is 21.3. The molecule has 0 bridgehead atoms. The van der Waals surface area contributed by atoms with Crippen molar-refractivity contribution in [2.45, 2.75) is 179 Å². The van der Waals surface area contributed by atoms with Gasteiger partial charge in [-0.05, 0) is 76.3 Å². The number of amides is 1. The first kappa shape index (κ1) is 47.7. The summed E-state index contributed by atoms with van der Waals surface area (Å²) in [7, 11) is 1.49. The molecule has 1 aromatic rings. The maximum absolute atomic E-state index is 12.7. The van der Waals surface area contributed by atoms with E-state index in [9.17, 15) is 24.9 Å². The van der Waals surface area contributed by atoms with Crippen LogP contribution < -0.4 is 40.0 Å². The molecule has 14 heteroatoms. The molecule has 5 heterocycles. The van der Waals surface area contributed by atoms with Gasteiger partial charge in [0.05, 0.1) is 53.9 Å². The average molecular weight is 826 g/mol. The van der Waals surface area contributed by atoms with Crippen molar-refractivity contribution < 1.29 is 87.6 Å². The summed E-state index contributed by atoms with van der Waals surface area (Å²) in [5, 5.41) is 37.6. The first-order valence-electron chi connectivity index (χ1n) is 21.3. The Labute approximate surface area is 367 Å². The Balaban J connectivity index is 0.00000641. The van der Waals surface area contributed by atoms with Crippen LogP contribution in [0.5, 0.6) is 0 Å². The second-order valence-corrected chi connectivity index (χ2v) is 18.7. The van der Waals surface area contributed by atoms with Crippen molar-refractivity contribution in [2.75, 3.05) is 19.0 Å². The van der Waals surface area contributed by atoms with Gasteiger partial charge in [-0.2, -0.15) is 0 Å². The third-order valence-corrected chi connectivity index (χ3v) is 14.5. The number of aryl methyl sites for hydroxylation is 1. The van der Waals surface area contributed by atoms with Crippen LogP contribution in [0, 0.1) is 42.4 Å². The molecule has 5 aliphatic rings. The zero-order chi connectivity index (χ0) is 41.7. The molecule has 3 N–H and O–H groups in total. The Morgan fingerprint density at radius 1 is 1.02 bits per heavy atom. The summed E-state index contributed by atoms with van der Waals surface area (Å²) in [6.07, 6.45) is 1.54. The molecule has 5 fully saturated rings. The SMILES string of the molecule is CC[C@@]1([C@@H]2O[C@@H]([C@H]3O[C@@](O)(COC(=O)Nc4ccc(C)cc4)[C@H](C)C[C@@H]3C)C[C@@H]2C)CC[C@H]([C@]2(C)CC[C@]3(C[C@H](O)[C@@H](C)[C@@H]([C@@H](C)[C@@H](OC)[C@@H](C)C(=O)[O-])O3)O2)O1.[Na+]. The molecule has 1 spiro atoms. The van der Waals surface area contributed by atoms with Gasteiger partial charge in [-0.25, -0.2) is 4.79 Å². The van der Waals surface area contributed by atoms with Crippen LogP contribution in [0.25, 0.3) is 0 Å². The standard InChI is InChI=1S/C44H69NO12.Na/c1-11-42(17-16-34(54-42)41(9)18-19-43(57-41)22-32(46)28(6)37(55-43)29(7)36(51-10)30(8)39(47)48)38-26(4)21-33(53-38)35-25(3)20-27(5)44(50,56-35)23-52-40(49)45-31-14-12-24(2)13-15-31;/h12-15,25-30,32-38,46,50H,11,16-23H2,1-10H3,(H,45,49)(H,47,48);/q;+1/p-1/t25-,26-,27+,28+,29-,30+,32-,33+,34+,35-,36+,37-,38+,41-,42-,43+,44-;/m0./s1. The van der Waals surface area contributed by atoms with Crippen molar-refractivity contribution in [3.05, 3.63) is 29.8 Å². The third kappa shape index (κ3) is 9.50. The number of anilines is 1. The molecule has 13 nitrogen and oxygen atoms in total. The minimum Gasteiger partial charge on any atom is -0.550 e. The molecular weight excluding hydrogens is 757 g/mol. The summed E-state index contributed by atoms with van der Waals surface area (Å²) in [6.45, 7) is 17.5. The number of hydrogen-bond acceptors (Lipinski definition) is 12. The van der Waals surface area contributed by atoms with Crippen molar-refractivity contribution >= 4 is 17.7 Å². The number of benzene rings is 1. The van der Waals surface area contributed by atoms with E-state index in [-0.39, 0.29) is 84.1 Å². The molecular formula is C44H68NNaO12. The van der Waals surface area contributed by atoms with Crippen LogP contribution in [-0.2, 0) is 38.0 Å². The predicted octanol–water partition coefficient (Wildman–Crippen LogP) is 2.51. The Hall–Kier alpha value is -1.36. The van der Waals surface area contributed by atoms with Crippen molar-refractivity contribution in [3.63, 3.8) is 0 Å². The zero-order valence-electron chi connectivity index (χ0n) is 36.7. The van der Waals surface area contributed by atoms with E-state index < -0.39 is 65.2 Å². The van der Waals surface area contributed by atoms with Crippen molar-refractivity contribution in [2.24, 2.45) is 35.5 Å². The molecule has 5 saturated heterocycles. The molecule has 0 aliphatic carbocycles. The van der Waals surface area contributed by atoms with Gasteiger partial charge in [0, 0.05) is 55.3 Å². The monoisotopic (exact) mass is 825 g/mol. The Bertz CT molecular complexity index is 1570. The van der Waals surface area contributed by atoms with E-state index >= 15 is 0 Å². The van der Waals surface area contributed by atoms with E-state index in [1.165, 1.54) is 7.11 Å². The molecule has 0 aromatic heterocycles. The minimum absolute atomic E-state index is 0. The van der Waals surface area contributed by atoms with E-state index in [1.54, 1.807) is 19.1 Å². The summed E-state index contributed by atoms with van der Waals surface area (Å²) in [5.41, 5.74) is 0.424. The summed E-state index contributed by atoms with van der Waals surface area (Å²) >= 11 is 0. The van der Waals surface area contributed by atoms with E-state index in [0.717, 1.165) is 31.2 Å². The molecule has 0 unspecified atom stereocenters. The van der Waals surface area contributed by atoms with E-state index in [0.29, 0.717) is 31.4 Å². The van der Waals surface area contributed by atoms with Crippen LogP contribution >= 0.6 is 0 Å². The number of nitrogens with one attached hydrogen (secondary N) is 1. The van der Waals surface area contributed by atoms with E-state index in [2.05, 4.69) is 33.0 Å². The van der Waals surface area contributed by atoms with Gasteiger partial charge < -0.3 is 53.3 Å². The Morgan fingerprint density at radius 2 is 1.71 bits per heavy atom. The molecule has 1 amide bonds. The molecule has 6 rings (SSSR count). The van der Waals surface area contributed by atoms with Crippen LogP contribution in [0.4, 0.5) is 10.5 Å². The fourth-order valence-electron chi connectivity index (χ4n) is 10.8. The maximum atomic E-state index is 12.7. The second-order valence-electron chi connectivity index (χ2n) is 18.7. The number of aliphatic carboxylic acids is 1. The van der Waals surface area contributed by atoms with Crippen LogP contribution in [0.15, 0.2) is 24.3 Å². The molecule has 1 aromatic carbocycles. The number of methoxy groups -OCH3 is 1. The van der Waals surface area contributed by atoms with E-state index in [4.69, 9.17) is 33.2 Å². The van der Waals surface area contributed by atoms with Gasteiger partial charge >= 0.3 is 35.7 Å². The summed E-state index contributed by atoms with van der Waals surface area (Å²) in [6, 6.07) is 7.39. The van der Waals surface area contributed by atoms with Crippen LogP contribution in [0.2, 0.25) is 0 Å². The van der Waals surface area contributed by atoms with Gasteiger partial charge in [-0.3, -0.25) is 5.32 Å². The van der Waals surface area contributed by atoms with Gasteiger partial charge in [-0.15, -0.1) is 0 Å². The molecule has 0 radical (unpaired) electrons. The Morgan fingerprint density at radius 3 is 2.34 bits per heavy atom. The summed E-state index contributed by atoms with van der Waals surface area (Å²) in [5.74, 6) is -5.41. The number of aliphatic hydroxyl groups is 2. The second kappa shape index (κ2) is 18.5. The normalized spacial score (nSPS) is 43.0. The predicted molar refractivity (Wildman–Crippen MR) is 209 cm³/mol. The maximum Gasteiger partial charge on any atom is 1.00 e. The number of carboxylic acid groups (broad SMARTS) is 1. The van der Waals surface area contributed by atoms with Crippen LogP contribution in [0.3, 0.4) is 0 Å². The topological polar surface area (TPSA) is 174 Å². The van der Waals surface area contributed by atoms with E-state index in [1.807, 2.05) is 39.8 Å². The number of carbonyl (C=O) groups excluding carboxylic acids is 2. The van der Waals surface area contributed by atoms with Crippen molar-refractivity contribution in [3.8, 4) is 0 Å². The van der Waals surface area contributed by atoms with Gasteiger partial charge in [0.15, 0.2) is 5.79 Å². The van der Waals surface area contributed by atoms with Crippen LogP contribution in [0.1, 0.15) is 112 Å². The molecule has 0 saturated carbocycles. The summed E-state index contributed by atoms with van der Waals surface area (Å²) in [4.78, 5) is 24.5.